The maximum absolute atomic E-state index is 12.6. The second-order valence-corrected chi connectivity index (χ2v) is 9.95. The molecule has 0 heterocycles. The van der Waals surface area contributed by atoms with Gasteiger partial charge in [0.2, 0.25) is 0 Å². The van der Waals surface area contributed by atoms with Crippen LogP contribution < -0.4 is 0 Å². The first kappa shape index (κ1) is 29.7. The number of ether oxygens (including phenoxy) is 2. The summed E-state index contributed by atoms with van der Waals surface area (Å²) in [5, 5.41) is 0. The fourth-order valence-electron chi connectivity index (χ4n) is 3.94. The van der Waals surface area contributed by atoms with E-state index in [1.165, 1.54) is 0 Å². The molecule has 0 aliphatic heterocycles. The zero-order valence-corrected chi connectivity index (χ0v) is 23.2. The van der Waals surface area contributed by atoms with E-state index in [0.29, 0.717) is 23.7 Å². The van der Waals surface area contributed by atoms with Gasteiger partial charge in [0.15, 0.2) is 11.6 Å². The lowest BCUT2D eigenvalue weighted by atomic mass is 9.99. The van der Waals surface area contributed by atoms with Gasteiger partial charge in [-0.2, -0.15) is 0 Å². The molecular weight excluding hydrogens is 484 g/mol. The molecule has 4 aromatic rings. The smallest absolute Gasteiger partial charge is 0.196 e. The van der Waals surface area contributed by atoms with Crippen LogP contribution in [0.4, 0.5) is 0 Å². The van der Waals surface area contributed by atoms with E-state index in [0.717, 1.165) is 11.1 Å². The number of carbonyl (C=O) groups is 2. The summed E-state index contributed by atoms with van der Waals surface area (Å²) in [6.45, 7) is 8.60. The van der Waals surface area contributed by atoms with Crippen LogP contribution in [0.3, 0.4) is 0 Å². The molecule has 4 aromatic carbocycles. The van der Waals surface area contributed by atoms with Gasteiger partial charge < -0.3 is 9.47 Å². The van der Waals surface area contributed by atoms with Crippen molar-refractivity contribution in [2.75, 3.05) is 6.61 Å². The van der Waals surface area contributed by atoms with Gasteiger partial charge in [-0.05, 0) is 30.9 Å². The van der Waals surface area contributed by atoms with Gasteiger partial charge >= 0.3 is 0 Å². The molecule has 0 saturated carbocycles. The molecule has 4 heteroatoms. The molecule has 4 rings (SSSR count). The van der Waals surface area contributed by atoms with Crippen LogP contribution >= 0.6 is 0 Å². The van der Waals surface area contributed by atoms with E-state index in [4.69, 9.17) is 9.47 Å². The molecular formula is C35H38O4. The molecule has 39 heavy (non-hydrogen) atoms. The maximum atomic E-state index is 12.6. The Morgan fingerprint density at radius 3 is 1.28 bits per heavy atom. The minimum atomic E-state index is -0.538. The molecule has 4 nitrogen and oxygen atoms in total. The molecule has 2 atom stereocenters. The molecule has 0 fully saturated rings. The van der Waals surface area contributed by atoms with E-state index in [2.05, 4.69) is 13.8 Å². The quantitative estimate of drug-likeness (QED) is 0.186. The van der Waals surface area contributed by atoms with Gasteiger partial charge in [0.25, 0.3) is 0 Å². The van der Waals surface area contributed by atoms with Crippen molar-refractivity contribution >= 4 is 11.6 Å². The van der Waals surface area contributed by atoms with Gasteiger partial charge in [-0.3, -0.25) is 9.59 Å². The summed E-state index contributed by atoms with van der Waals surface area (Å²) in [6, 6.07) is 37.9. The number of carbonyl (C=O) groups excluding carboxylic acids is 2. The Balaban J connectivity index is 0.000000216. The lowest BCUT2D eigenvalue weighted by molar-refractivity contribution is 0.0114. The normalized spacial score (nSPS) is 12.4. The highest BCUT2D eigenvalue weighted by Gasteiger charge is 2.24. The van der Waals surface area contributed by atoms with Crippen LogP contribution in [-0.2, 0) is 9.47 Å². The highest BCUT2D eigenvalue weighted by atomic mass is 16.5. The largest absolute Gasteiger partial charge is 0.365 e. The van der Waals surface area contributed by atoms with E-state index in [1.807, 2.05) is 135 Å². The summed E-state index contributed by atoms with van der Waals surface area (Å²) in [6.07, 6.45) is -1.07. The molecule has 0 saturated heterocycles. The Morgan fingerprint density at radius 1 is 0.538 bits per heavy atom. The fourth-order valence-corrected chi connectivity index (χ4v) is 3.94. The number of hydrogen-bond acceptors (Lipinski definition) is 4. The molecule has 2 unspecified atom stereocenters. The molecule has 0 aromatic heterocycles. The van der Waals surface area contributed by atoms with E-state index in [9.17, 15) is 9.59 Å². The second kappa shape index (κ2) is 15.5. The van der Waals surface area contributed by atoms with Crippen LogP contribution in [0.25, 0.3) is 0 Å². The summed E-state index contributed by atoms with van der Waals surface area (Å²) in [5.74, 6) is 0.405. The maximum Gasteiger partial charge on any atom is 0.196 e. The molecule has 0 spiro atoms. The molecule has 0 bridgehead atoms. The zero-order chi connectivity index (χ0) is 28.0. The third-order valence-electron chi connectivity index (χ3n) is 5.80. The van der Waals surface area contributed by atoms with Gasteiger partial charge in [0.05, 0.1) is 12.7 Å². The van der Waals surface area contributed by atoms with E-state index >= 15 is 0 Å². The average Bonchev–Trinajstić information content (AvgIpc) is 2.97. The summed E-state index contributed by atoms with van der Waals surface area (Å²) < 4.78 is 11.7. The lowest BCUT2D eigenvalue weighted by Gasteiger charge is -2.19. The van der Waals surface area contributed by atoms with Gasteiger partial charge in [0, 0.05) is 11.1 Å². The minimum absolute atomic E-state index is 0.000463. The monoisotopic (exact) mass is 522 g/mol. The number of rotatable bonds is 11. The van der Waals surface area contributed by atoms with Crippen molar-refractivity contribution in [3.8, 4) is 0 Å². The second-order valence-electron chi connectivity index (χ2n) is 9.95. The molecule has 0 aliphatic rings. The molecule has 0 radical (unpaired) electrons. The van der Waals surface area contributed by atoms with Gasteiger partial charge in [-0.15, -0.1) is 0 Å². The van der Waals surface area contributed by atoms with Crippen molar-refractivity contribution in [2.45, 2.75) is 46.0 Å². The Hall–Kier alpha value is -3.86. The minimum Gasteiger partial charge on any atom is -0.365 e. The van der Waals surface area contributed by atoms with Crippen LogP contribution in [-0.4, -0.2) is 24.3 Å². The van der Waals surface area contributed by atoms with Gasteiger partial charge in [-0.25, -0.2) is 0 Å². The summed E-state index contributed by atoms with van der Waals surface area (Å²) in [5.41, 5.74) is 3.16. The summed E-state index contributed by atoms with van der Waals surface area (Å²) in [7, 11) is 0. The molecule has 0 amide bonds. The Kier molecular flexibility index (Phi) is 11.8. The first-order valence-corrected chi connectivity index (χ1v) is 13.4. The highest BCUT2D eigenvalue weighted by Crippen LogP contribution is 2.24. The highest BCUT2D eigenvalue weighted by molar-refractivity contribution is 6.00. The number of hydrogen-bond donors (Lipinski definition) is 0. The molecule has 0 N–H and O–H groups in total. The van der Waals surface area contributed by atoms with Crippen molar-refractivity contribution in [2.24, 2.45) is 5.92 Å². The van der Waals surface area contributed by atoms with Crippen molar-refractivity contribution < 1.29 is 19.1 Å². The first-order valence-electron chi connectivity index (χ1n) is 13.4. The molecule has 202 valence electrons. The van der Waals surface area contributed by atoms with Crippen molar-refractivity contribution in [1.29, 1.82) is 0 Å². The molecule has 0 aliphatic carbocycles. The lowest BCUT2D eigenvalue weighted by Crippen LogP contribution is -2.19. The number of benzene rings is 4. The summed E-state index contributed by atoms with van der Waals surface area (Å²) >= 11 is 0. The van der Waals surface area contributed by atoms with Crippen LogP contribution in [0.5, 0.6) is 0 Å². The van der Waals surface area contributed by atoms with Crippen LogP contribution in [0, 0.1) is 5.92 Å². The Labute approximate surface area is 232 Å². The van der Waals surface area contributed by atoms with Crippen molar-refractivity contribution in [1.82, 2.24) is 0 Å². The van der Waals surface area contributed by atoms with E-state index < -0.39 is 12.2 Å². The average molecular weight is 523 g/mol. The first-order chi connectivity index (χ1) is 18.9. The topological polar surface area (TPSA) is 52.6 Å². The third kappa shape index (κ3) is 9.43. The van der Waals surface area contributed by atoms with Crippen LogP contribution in [0.15, 0.2) is 121 Å². The Morgan fingerprint density at radius 2 is 0.897 bits per heavy atom. The Bertz CT molecular complexity index is 1250. The number of ketones is 2. The number of Topliss-reactive ketones (excluding diaryl/α,β-unsaturated/α-hetero) is 2. The standard InChI is InChI=1S/C18H20O2.C17H18O2/c1-14(2)13-20-18(16-11-7-4-8-12-16)17(19)15-9-5-3-6-10-15;1-13(2)19-17(15-11-7-4-8-12-15)16(18)14-9-5-3-6-10-14/h3-12,14,18H,13H2,1-2H3;3-13,17H,1-2H3. The summed E-state index contributed by atoms with van der Waals surface area (Å²) in [4.78, 5) is 25.2. The van der Waals surface area contributed by atoms with E-state index in [-0.39, 0.29) is 17.7 Å². The van der Waals surface area contributed by atoms with Crippen molar-refractivity contribution in [3.63, 3.8) is 0 Å². The van der Waals surface area contributed by atoms with Crippen molar-refractivity contribution in [3.05, 3.63) is 144 Å². The van der Waals surface area contributed by atoms with Gasteiger partial charge in [-0.1, -0.05) is 135 Å². The predicted octanol–water partition coefficient (Wildman–Crippen LogP) is 8.32. The van der Waals surface area contributed by atoms with Gasteiger partial charge in [0.1, 0.15) is 12.2 Å². The zero-order valence-electron chi connectivity index (χ0n) is 23.2. The van der Waals surface area contributed by atoms with Crippen LogP contribution in [0.1, 0.15) is 71.7 Å². The SMILES string of the molecule is CC(C)COC(C(=O)c1ccccc1)c1ccccc1.CC(C)OC(C(=O)c1ccccc1)c1ccccc1. The third-order valence-corrected chi connectivity index (χ3v) is 5.80. The fraction of sp³-hybridized carbons (Fsp3) is 0.257. The predicted molar refractivity (Wildman–Crippen MR) is 157 cm³/mol. The van der Waals surface area contributed by atoms with E-state index in [1.54, 1.807) is 0 Å². The van der Waals surface area contributed by atoms with Crippen LogP contribution in [0.2, 0.25) is 0 Å².